The van der Waals surface area contributed by atoms with Gasteiger partial charge in [0, 0.05) is 13.2 Å². The zero-order valence-electron chi connectivity index (χ0n) is 9.14. The Labute approximate surface area is 99.0 Å². The summed E-state index contributed by atoms with van der Waals surface area (Å²) in [5, 5.41) is 11.8. The van der Waals surface area contributed by atoms with Crippen LogP contribution in [0.5, 0.6) is 0 Å². The first-order valence-electron chi connectivity index (χ1n) is 4.81. The molecule has 0 radical (unpaired) electrons. The second-order valence-electron chi connectivity index (χ2n) is 3.41. The molecule has 88 valence electrons. The fraction of sp³-hybridized carbons (Fsp3) is 0.400. The van der Waals surface area contributed by atoms with Gasteiger partial charge in [-0.05, 0) is 19.1 Å². The van der Waals surface area contributed by atoms with Crippen LogP contribution >= 0.6 is 11.6 Å². The topological polar surface area (TPSA) is 65.5 Å². The van der Waals surface area contributed by atoms with Gasteiger partial charge in [-0.25, -0.2) is 9.78 Å². The molecule has 1 rings (SSSR count). The van der Waals surface area contributed by atoms with Crippen molar-refractivity contribution in [3.63, 3.8) is 0 Å². The van der Waals surface area contributed by atoms with E-state index >= 15 is 0 Å². The number of pyridine rings is 1. The van der Waals surface area contributed by atoms with Gasteiger partial charge >= 0.3 is 6.03 Å². The third kappa shape index (κ3) is 3.08. The maximum atomic E-state index is 11.7. The molecule has 0 saturated heterocycles. The highest BCUT2D eigenvalue weighted by Crippen LogP contribution is 2.17. The molecule has 0 aliphatic heterocycles. The highest BCUT2D eigenvalue weighted by Gasteiger charge is 2.15. The van der Waals surface area contributed by atoms with Gasteiger partial charge in [0.25, 0.3) is 0 Å². The van der Waals surface area contributed by atoms with Crippen molar-refractivity contribution in [3.8, 4) is 0 Å². The molecule has 1 unspecified atom stereocenters. The number of carbonyl (C=O) groups is 1. The Bertz CT molecular complexity index is 373. The van der Waals surface area contributed by atoms with Gasteiger partial charge in [-0.3, -0.25) is 0 Å². The van der Waals surface area contributed by atoms with Gasteiger partial charge in [0.1, 0.15) is 0 Å². The lowest BCUT2D eigenvalue weighted by Crippen LogP contribution is -2.40. The van der Waals surface area contributed by atoms with Crippen molar-refractivity contribution >= 4 is 23.3 Å². The van der Waals surface area contributed by atoms with Gasteiger partial charge < -0.3 is 15.3 Å². The van der Waals surface area contributed by atoms with Crippen LogP contribution in [0.3, 0.4) is 0 Å². The number of aromatic nitrogens is 1. The molecule has 5 nitrogen and oxygen atoms in total. The van der Waals surface area contributed by atoms with Gasteiger partial charge in [0.2, 0.25) is 0 Å². The number of anilines is 1. The van der Waals surface area contributed by atoms with E-state index in [1.807, 2.05) is 0 Å². The van der Waals surface area contributed by atoms with E-state index in [-0.39, 0.29) is 23.8 Å². The molecule has 0 aliphatic rings. The molecule has 0 saturated carbocycles. The van der Waals surface area contributed by atoms with E-state index in [1.54, 1.807) is 26.1 Å². The van der Waals surface area contributed by atoms with E-state index in [0.29, 0.717) is 5.69 Å². The summed E-state index contributed by atoms with van der Waals surface area (Å²) in [6.07, 6.45) is 1.54. The Hall–Kier alpha value is -1.33. The number of carbonyl (C=O) groups excluding carboxylic acids is 1. The van der Waals surface area contributed by atoms with E-state index in [0.717, 1.165) is 0 Å². The number of aliphatic hydroxyl groups excluding tert-OH is 1. The van der Waals surface area contributed by atoms with E-state index in [4.69, 9.17) is 16.7 Å². The summed E-state index contributed by atoms with van der Waals surface area (Å²) >= 11 is 5.79. The maximum Gasteiger partial charge on any atom is 0.321 e. The summed E-state index contributed by atoms with van der Waals surface area (Å²) in [7, 11) is 1.60. The first-order valence-corrected chi connectivity index (χ1v) is 5.19. The number of aliphatic hydroxyl groups is 1. The quantitative estimate of drug-likeness (QED) is 0.793. The molecule has 1 heterocycles. The summed E-state index contributed by atoms with van der Waals surface area (Å²) in [5.41, 5.74) is 0.450. The Morgan fingerprint density at radius 3 is 3.00 bits per heavy atom. The molecule has 2 N–H and O–H groups in total. The summed E-state index contributed by atoms with van der Waals surface area (Å²) < 4.78 is 0. The van der Waals surface area contributed by atoms with E-state index < -0.39 is 0 Å². The Morgan fingerprint density at radius 2 is 2.44 bits per heavy atom. The number of halogens is 1. The van der Waals surface area contributed by atoms with Crippen molar-refractivity contribution in [1.29, 1.82) is 0 Å². The fourth-order valence-electron chi connectivity index (χ4n) is 1.01. The van der Waals surface area contributed by atoms with Crippen LogP contribution in [-0.4, -0.2) is 40.7 Å². The van der Waals surface area contributed by atoms with Crippen LogP contribution in [0.4, 0.5) is 10.5 Å². The zero-order valence-corrected chi connectivity index (χ0v) is 9.90. The Morgan fingerprint density at radius 1 is 1.75 bits per heavy atom. The summed E-state index contributed by atoms with van der Waals surface area (Å²) in [6.45, 7) is 1.65. The number of amides is 2. The van der Waals surface area contributed by atoms with Gasteiger partial charge in [0.05, 0.1) is 18.3 Å². The number of rotatable bonds is 3. The van der Waals surface area contributed by atoms with Gasteiger partial charge in [-0.2, -0.15) is 0 Å². The largest absolute Gasteiger partial charge is 0.394 e. The lowest BCUT2D eigenvalue weighted by atomic mass is 10.3. The van der Waals surface area contributed by atoms with E-state index in [2.05, 4.69) is 10.3 Å². The molecule has 6 heteroatoms. The smallest absolute Gasteiger partial charge is 0.321 e. The van der Waals surface area contributed by atoms with Gasteiger partial charge in [-0.1, -0.05) is 11.6 Å². The molecular weight excluding hydrogens is 230 g/mol. The monoisotopic (exact) mass is 243 g/mol. The van der Waals surface area contributed by atoms with Crippen LogP contribution in [0, 0.1) is 0 Å². The van der Waals surface area contributed by atoms with Crippen molar-refractivity contribution in [3.05, 3.63) is 23.5 Å². The van der Waals surface area contributed by atoms with Crippen LogP contribution in [0.2, 0.25) is 5.15 Å². The van der Waals surface area contributed by atoms with Gasteiger partial charge in [-0.15, -0.1) is 0 Å². The Balaban J connectivity index is 2.68. The summed E-state index contributed by atoms with van der Waals surface area (Å²) in [5.74, 6) is 0. The number of nitrogens with one attached hydrogen (secondary N) is 1. The molecule has 16 heavy (non-hydrogen) atoms. The van der Waals surface area contributed by atoms with E-state index in [1.165, 1.54) is 11.1 Å². The lowest BCUT2D eigenvalue weighted by Gasteiger charge is -2.23. The molecule has 1 aromatic rings. The minimum absolute atomic E-state index is 0.0926. The number of hydrogen-bond donors (Lipinski definition) is 2. The standard InChI is InChI=1S/C10H14ClN3O2/c1-7(6-15)14(2)10(16)13-8-4-3-5-12-9(8)11/h3-5,7,15H,6H2,1-2H3,(H,13,16). The van der Waals surface area contributed by atoms with E-state index in [9.17, 15) is 4.79 Å². The minimum atomic E-state index is -0.337. The highest BCUT2D eigenvalue weighted by atomic mass is 35.5. The predicted molar refractivity (Wildman–Crippen MR) is 62.6 cm³/mol. The van der Waals surface area contributed by atoms with Crippen LogP contribution in [0.15, 0.2) is 18.3 Å². The normalized spacial score (nSPS) is 12.0. The first-order chi connectivity index (χ1) is 7.56. The van der Waals surface area contributed by atoms with Crippen molar-refractivity contribution < 1.29 is 9.90 Å². The molecule has 1 aromatic heterocycles. The zero-order chi connectivity index (χ0) is 12.1. The van der Waals surface area contributed by atoms with Gasteiger partial charge in [0.15, 0.2) is 5.15 Å². The predicted octanol–water partition coefficient (Wildman–Crippen LogP) is 1.58. The SMILES string of the molecule is CC(CO)N(C)C(=O)Nc1cccnc1Cl. The van der Waals surface area contributed by atoms with Crippen molar-refractivity contribution in [1.82, 2.24) is 9.88 Å². The molecule has 1 atom stereocenters. The second-order valence-corrected chi connectivity index (χ2v) is 3.77. The number of urea groups is 1. The molecule has 0 bridgehead atoms. The maximum absolute atomic E-state index is 11.7. The van der Waals surface area contributed by atoms with Crippen molar-refractivity contribution in [2.24, 2.45) is 0 Å². The fourth-order valence-corrected chi connectivity index (χ4v) is 1.17. The molecule has 0 aliphatic carbocycles. The summed E-state index contributed by atoms with van der Waals surface area (Å²) in [6, 6.07) is 2.74. The minimum Gasteiger partial charge on any atom is -0.394 e. The average molecular weight is 244 g/mol. The van der Waals surface area contributed by atoms with Crippen molar-refractivity contribution in [2.75, 3.05) is 19.0 Å². The molecular formula is C10H14ClN3O2. The number of nitrogens with zero attached hydrogens (tertiary/aromatic N) is 2. The molecule has 0 aromatic carbocycles. The van der Waals surface area contributed by atoms with Crippen molar-refractivity contribution in [2.45, 2.75) is 13.0 Å². The first kappa shape index (κ1) is 12.7. The average Bonchev–Trinajstić information content (AvgIpc) is 2.30. The van der Waals surface area contributed by atoms with Crippen LogP contribution in [0.25, 0.3) is 0 Å². The summed E-state index contributed by atoms with van der Waals surface area (Å²) in [4.78, 5) is 16.9. The number of hydrogen-bond acceptors (Lipinski definition) is 3. The third-order valence-electron chi connectivity index (χ3n) is 2.25. The van der Waals surface area contributed by atoms with Crippen LogP contribution < -0.4 is 5.32 Å². The second kappa shape index (κ2) is 5.67. The lowest BCUT2D eigenvalue weighted by molar-refractivity contribution is 0.166. The molecule has 0 spiro atoms. The molecule has 2 amide bonds. The number of likely N-dealkylation sites (N-methyl/N-ethyl adjacent to an activating group) is 1. The molecule has 0 fully saturated rings. The highest BCUT2D eigenvalue weighted by molar-refractivity contribution is 6.32. The van der Waals surface area contributed by atoms with Crippen LogP contribution in [-0.2, 0) is 0 Å². The third-order valence-corrected chi connectivity index (χ3v) is 2.55. The van der Waals surface area contributed by atoms with Crippen LogP contribution in [0.1, 0.15) is 6.92 Å². The Kier molecular flexibility index (Phi) is 4.52.